The Morgan fingerprint density at radius 1 is 1.33 bits per heavy atom. The molecule has 1 heterocycles. The Labute approximate surface area is 124 Å². The van der Waals surface area contributed by atoms with Crippen LogP contribution in [0.5, 0.6) is 0 Å². The molecule has 5 nitrogen and oxygen atoms in total. The SMILES string of the molecule is C=CC(C)(O)Cc1nc(-c2ccc(CN(C)C)cc2)no1. The van der Waals surface area contributed by atoms with E-state index in [4.69, 9.17) is 4.52 Å². The van der Waals surface area contributed by atoms with Gasteiger partial charge >= 0.3 is 0 Å². The fraction of sp³-hybridized carbons (Fsp3) is 0.375. The fourth-order valence-electron chi connectivity index (χ4n) is 1.95. The Kier molecular flexibility index (Phi) is 4.55. The number of rotatable bonds is 6. The van der Waals surface area contributed by atoms with Crippen molar-refractivity contribution < 1.29 is 9.63 Å². The molecule has 2 aromatic rings. The highest BCUT2D eigenvalue weighted by Crippen LogP contribution is 2.19. The highest BCUT2D eigenvalue weighted by atomic mass is 16.5. The number of hydrogen-bond acceptors (Lipinski definition) is 5. The number of hydrogen-bond donors (Lipinski definition) is 1. The Hall–Kier alpha value is -1.98. The Bertz CT molecular complexity index is 600. The maximum atomic E-state index is 9.93. The molecule has 0 aliphatic heterocycles. The minimum absolute atomic E-state index is 0.252. The summed E-state index contributed by atoms with van der Waals surface area (Å²) in [6.45, 7) is 6.12. The van der Waals surface area contributed by atoms with Gasteiger partial charge in [0, 0.05) is 12.1 Å². The molecule has 0 amide bonds. The fourth-order valence-corrected chi connectivity index (χ4v) is 1.95. The van der Waals surface area contributed by atoms with Gasteiger partial charge in [0.25, 0.3) is 0 Å². The minimum atomic E-state index is -1.04. The van der Waals surface area contributed by atoms with E-state index in [2.05, 4.69) is 21.6 Å². The van der Waals surface area contributed by atoms with Crippen LogP contribution in [-0.4, -0.2) is 39.8 Å². The summed E-state index contributed by atoms with van der Waals surface area (Å²) in [6.07, 6.45) is 1.72. The molecule has 0 saturated heterocycles. The maximum Gasteiger partial charge on any atom is 0.230 e. The maximum absolute atomic E-state index is 9.93. The zero-order valence-electron chi connectivity index (χ0n) is 12.7. The number of aliphatic hydroxyl groups is 1. The van der Waals surface area contributed by atoms with Gasteiger partial charge < -0.3 is 14.5 Å². The minimum Gasteiger partial charge on any atom is -0.386 e. The second kappa shape index (κ2) is 6.20. The molecule has 1 aromatic carbocycles. The van der Waals surface area contributed by atoms with Crippen molar-refractivity contribution in [3.63, 3.8) is 0 Å². The van der Waals surface area contributed by atoms with Crippen molar-refractivity contribution in [1.29, 1.82) is 0 Å². The van der Waals surface area contributed by atoms with E-state index in [0.717, 1.165) is 12.1 Å². The topological polar surface area (TPSA) is 62.4 Å². The lowest BCUT2D eigenvalue weighted by atomic mass is 10.0. The van der Waals surface area contributed by atoms with Gasteiger partial charge in [-0.05, 0) is 26.6 Å². The summed E-state index contributed by atoms with van der Waals surface area (Å²) in [7, 11) is 4.07. The van der Waals surface area contributed by atoms with E-state index in [1.807, 2.05) is 38.4 Å². The van der Waals surface area contributed by atoms with Crippen LogP contribution in [0.4, 0.5) is 0 Å². The van der Waals surface area contributed by atoms with E-state index < -0.39 is 5.60 Å². The van der Waals surface area contributed by atoms with E-state index in [1.54, 1.807) is 6.92 Å². The second-order valence-electron chi connectivity index (χ2n) is 5.68. The van der Waals surface area contributed by atoms with Gasteiger partial charge in [0.15, 0.2) is 0 Å². The van der Waals surface area contributed by atoms with Crippen molar-refractivity contribution in [3.8, 4) is 11.4 Å². The molecule has 0 saturated carbocycles. The van der Waals surface area contributed by atoms with Gasteiger partial charge in [0.2, 0.25) is 11.7 Å². The van der Waals surface area contributed by atoms with Crippen molar-refractivity contribution >= 4 is 0 Å². The lowest BCUT2D eigenvalue weighted by molar-refractivity contribution is 0.102. The van der Waals surface area contributed by atoms with Crippen molar-refractivity contribution in [1.82, 2.24) is 15.0 Å². The zero-order valence-corrected chi connectivity index (χ0v) is 12.7. The second-order valence-corrected chi connectivity index (χ2v) is 5.68. The molecule has 5 heteroatoms. The molecule has 1 aromatic heterocycles. The Morgan fingerprint density at radius 3 is 2.57 bits per heavy atom. The van der Waals surface area contributed by atoms with Gasteiger partial charge in [-0.15, -0.1) is 6.58 Å². The van der Waals surface area contributed by atoms with Crippen LogP contribution in [0.15, 0.2) is 41.4 Å². The molecule has 0 aliphatic rings. The molecular formula is C16H21N3O2. The van der Waals surface area contributed by atoms with E-state index in [1.165, 1.54) is 11.6 Å². The molecule has 0 spiro atoms. The molecule has 112 valence electrons. The third-order valence-electron chi connectivity index (χ3n) is 3.13. The van der Waals surface area contributed by atoms with Crippen molar-refractivity contribution in [2.45, 2.75) is 25.5 Å². The summed E-state index contributed by atoms with van der Waals surface area (Å²) in [6, 6.07) is 8.04. The van der Waals surface area contributed by atoms with E-state index >= 15 is 0 Å². The average molecular weight is 287 g/mol. The van der Waals surface area contributed by atoms with Gasteiger partial charge in [-0.3, -0.25) is 0 Å². The molecule has 0 radical (unpaired) electrons. The smallest absolute Gasteiger partial charge is 0.230 e. The van der Waals surface area contributed by atoms with Gasteiger partial charge in [0.05, 0.1) is 12.0 Å². The summed E-state index contributed by atoms with van der Waals surface area (Å²) in [5.74, 6) is 0.925. The van der Waals surface area contributed by atoms with Gasteiger partial charge in [-0.1, -0.05) is 35.5 Å². The molecule has 1 unspecified atom stereocenters. The van der Waals surface area contributed by atoms with Crippen molar-refractivity contribution in [3.05, 3.63) is 48.4 Å². The normalized spacial score (nSPS) is 14.1. The monoisotopic (exact) mass is 287 g/mol. The Morgan fingerprint density at radius 2 is 2.00 bits per heavy atom. The number of aromatic nitrogens is 2. The summed E-state index contributed by atoms with van der Waals surface area (Å²) in [4.78, 5) is 6.42. The van der Waals surface area contributed by atoms with Crippen LogP contribution in [0.2, 0.25) is 0 Å². The first-order chi connectivity index (χ1) is 9.89. The van der Waals surface area contributed by atoms with Crippen molar-refractivity contribution in [2.75, 3.05) is 14.1 Å². The third-order valence-corrected chi connectivity index (χ3v) is 3.13. The van der Waals surface area contributed by atoms with Crippen LogP contribution >= 0.6 is 0 Å². The van der Waals surface area contributed by atoms with Crippen LogP contribution in [0.25, 0.3) is 11.4 Å². The molecule has 0 fully saturated rings. The summed E-state index contributed by atoms with van der Waals surface area (Å²) >= 11 is 0. The zero-order chi connectivity index (χ0) is 15.5. The van der Waals surface area contributed by atoms with Crippen molar-refractivity contribution in [2.24, 2.45) is 0 Å². The summed E-state index contributed by atoms with van der Waals surface area (Å²) < 4.78 is 5.17. The van der Waals surface area contributed by atoms with E-state index in [9.17, 15) is 5.11 Å². The number of nitrogens with zero attached hydrogens (tertiary/aromatic N) is 3. The predicted octanol–water partition coefficient (Wildman–Crippen LogP) is 2.28. The van der Waals surface area contributed by atoms with E-state index in [-0.39, 0.29) is 6.42 Å². The van der Waals surface area contributed by atoms with Crippen LogP contribution in [0.3, 0.4) is 0 Å². The average Bonchev–Trinajstić information content (AvgIpc) is 2.86. The summed E-state index contributed by atoms with van der Waals surface area (Å²) in [5, 5.41) is 13.9. The van der Waals surface area contributed by atoms with Crippen LogP contribution in [0, 0.1) is 0 Å². The van der Waals surface area contributed by atoms with Gasteiger partial charge in [0.1, 0.15) is 0 Å². The van der Waals surface area contributed by atoms with Crippen LogP contribution < -0.4 is 0 Å². The predicted molar refractivity (Wildman–Crippen MR) is 81.6 cm³/mol. The molecule has 1 N–H and O–H groups in total. The lowest BCUT2D eigenvalue weighted by Gasteiger charge is -2.14. The van der Waals surface area contributed by atoms with E-state index in [0.29, 0.717) is 11.7 Å². The van der Waals surface area contributed by atoms with Gasteiger partial charge in [-0.25, -0.2) is 0 Å². The van der Waals surface area contributed by atoms with Gasteiger partial charge in [-0.2, -0.15) is 4.98 Å². The highest BCUT2D eigenvalue weighted by molar-refractivity contribution is 5.54. The largest absolute Gasteiger partial charge is 0.386 e. The molecule has 0 aliphatic carbocycles. The van der Waals surface area contributed by atoms with Crippen LogP contribution in [-0.2, 0) is 13.0 Å². The molecule has 2 rings (SSSR count). The lowest BCUT2D eigenvalue weighted by Crippen LogP contribution is -2.23. The quantitative estimate of drug-likeness (QED) is 0.826. The number of benzene rings is 1. The molecule has 21 heavy (non-hydrogen) atoms. The first kappa shape index (κ1) is 15.4. The highest BCUT2D eigenvalue weighted by Gasteiger charge is 2.20. The first-order valence-corrected chi connectivity index (χ1v) is 6.82. The standard InChI is InChI=1S/C16H21N3O2/c1-5-16(2,20)10-14-17-15(18-21-14)13-8-6-12(7-9-13)11-19(3)4/h5-9,20H,1,10-11H2,2-4H3. The first-order valence-electron chi connectivity index (χ1n) is 6.82. The molecule has 1 atom stereocenters. The Balaban J connectivity index is 2.12. The third kappa shape index (κ3) is 4.24. The molecular weight excluding hydrogens is 266 g/mol. The molecule has 0 bridgehead atoms. The summed E-state index contributed by atoms with van der Waals surface area (Å²) in [5.41, 5.74) is 1.08. The van der Waals surface area contributed by atoms with Crippen LogP contribution in [0.1, 0.15) is 18.4 Å².